The molecular formula is C29H26F6. The van der Waals surface area contributed by atoms with Crippen molar-refractivity contribution in [3.63, 3.8) is 0 Å². The van der Waals surface area contributed by atoms with Gasteiger partial charge in [-0.1, -0.05) is 38.0 Å². The Kier molecular flexibility index (Phi) is 7.68. The molecule has 0 aliphatic heterocycles. The zero-order chi connectivity index (χ0) is 25.1. The fraction of sp³-hybridized carbons (Fsp3) is 0.310. The minimum absolute atomic E-state index is 0.157. The van der Waals surface area contributed by atoms with Gasteiger partial charge < -0.3 is 0 Å². The summed E-state index contributed by atoms with van der Waals surface area (Å²) in [6, 6.07) is 10.1. The van der Waals surface area contributed by atoms with Gasteiger partial charge in [-0.05, 0) is 85.0 Å². The van der Waals surface area contributed by atoms with Gasteiger partial charge in [-0.2, -0.15) is 0 Å². The van der Waals surface area contributed by atoms with Crippen LogP contribution in [0.25, 0.3) is 22.8 Å². The van der Waals surface area contributed by atoms with Crippen molar-refractivity contribution < 1.29 is 26.3 Å². The molecule has 0 spiro atoms. The molecule has 3 aromatic carbocycles. The highest BCUT2D eigenvalue weighted by Crippen LogP contribution is 2.39. The van der Waals surface area contributed by atoms with E-state index < -0.39 is 46.0 Å². The Morgan fingerprint density at radius 3 is 2.09 bits per heavy atom. The molecule has 35 heavy (non-hydrogen) atoms. The van der Waals surface area contributed by atoms with E-state index in [0.717, 1.165) is 55.4 Å². The maximum Gasteiger partial charge on any atom is 0.169 e. The molecule has 0 heterocycles. The predicted octanol–water partition coefficient (Wildman–Crippen LogP) is 9.75. The van der Waals surface area contributed by atoms with Crippen LogP contribution in [0.15, 0.2) is 54.6 Å². The van der Waals surface area contributed by atoms with E-state index in [1.165, 1.54) is 25.0 Å². The van der Waals surface area contributed by atoms with Crippen LogP contribution in [-0.2, 0) is 0 Å². The van der Waals surface area contributed by atoms with E-state index in [9.17, 15) is 26.3 Å². The van der Waals surface area contributed by atoms with Gasteiger partial charge in [0.25, 0.3) is 0 Å². The summed E-state index contributed by atoms with van der Waals surface area (Å²) in [5, 5.41) is 0. The lowest BCUT2D eigenvalue weighted by molar-refractivity contribution is 0.308. The molecule has 0 N–H and O–H groups in total. The van der Waals surface area contributed by atoms with Crippen LogP contribution in [0.4, 0.5) is 26.3 Å². The smallest absolute Gasteiger partial charge is 0.169 e. The number of hydrogen-bond donors (Lipinski definition) is 0. The van der Waals surface area contributed by atoms with Gasteiger partial charge in [0.1, 0.15) is 11.6 Å². The highest BCUT2D eigenvalue weighted by Gasteiger charge is 2.23. The first-order valence-electron chi connectivity index (χ1n) is 11.9. The Morgan fingerprint density at radius 2 is 1.46 bits per heavy atom. The van der Waals surface area contributed by atoms with Gasteiger partial charge in [0.2, 0.25) is 0 Å². The van der Waals surface area contributed by atoms with Gasteiger partial charge in [0.05, 0.1) is 0 Å². The summed E-state index contributed by atoms with van der Waals surface area (Å²) in [5.74, 6) is -6.23. The number of hydrogen-bond acceptors (Lipinski definition) is 0. The molecule has 0 nitrogen and oxygen atoms in total. The fourth-order valence-corrected chi connectivity index (χ4v) is 4.95. The third-order valence-corrected chi connectivity index (χ3v) is 6.89. The Morgan fingerprint density at radius 1 is 0.714 bits per heavy atom. The molecule has 0 amide bonds. The molecule has 1 aliphatic rings. The Labute approximate surface area is 201 Å². The first-order valence-corrected chi connectivity index (χ1v) is 11.9. The minimum atomic E-state index is -1.56. The van der Waals surface area contributed by atoms with E-state index >= 15 is 0 Å². The van der Waals surface area contributed by atoms with E-state index in [4.69, 9.17) is 0 Å². The normalized spacial score (nSPS) is 18.9. The summed E-state index contributed by atoms with van der Waals surface area (Å²) in [4.78, 5) is 0. The molecular weight excluding hydrogens is 462 g/mol. The van der Waals surface area contributed by atoms with Crippen molar-refractivity contribution >= 4 is 11.7 Å². The number of benzene rings is 3. The monoisotopic (exact) mass is 488 g/mol. The molecule has 1 aliphatic carbocycles. The maximum absolute atomic E-state index is 15.0. The molecule has 184 valence electrons. The van der Waals surface area contributed by atoms with Gasteiger partial charge in [-0.3, -0.25) is 0 Å². The highest BCUT2D eigenvalue weighted by molar-refractivity contribution is 5.84. The Balaban J connectivity index is 1.56. The van der Waals surface area contributed by atoms with Gasteiger partial charge in [0.15, 0.2) is 23.3 Å². The largest absolute Gasteiger partial charge is 0.206 e. The van der Waals surface area contributed by atoms with Crippen molar-refractivity contribution in [2.75, 3.05) is 0 Å². The quantitative estimate of drug-likeness (QED) is 0.239. The molecule has 1 fully saturated rings. The van der Waals surface area contributed by atoms with E-state index in [-0.39, 0.29) is 11.1 Å². The van der Waals surface area contributed by atoms with Crippen molar-refractivity contribution in [2.45, 2.75) is 51.4 Å². The van der Waals surface area contributed by atoms with Crippen LogP contribution in [0.5, 0.6) is 0 Å². The highest BCUT2D eigenvalue weighted by atomic mass is 19.2. The molecule has 3 aromatic rings. The topological polar surface area (TPSA) is 0 Å². The van der Waals surface area contributed by atoms with E-state index in [0.29, 0.717) is 18.1 Å². The molecule has 1 saturated carbocycles. The Hall–Kier alpha value is -3.02. The lowest BCUT2D eigenvalue weighted by Crippen LogP contribution is -2.13. The molecule has 0 aromatic heterocycles. The summed E-state index contributed by atoms with van der Waals surface area (Å²) in [5.41, 5.74) is 0.000260. The zero-order valence-electron chi connectivity index (χ0n) is 19.4. The molecule has 0 radical (unpaired) electrons. The molecule has 0 atom stereocenters. The van der Waals surface area contributed by atoms with Gasteiger partial charge >= 0.3 is 0 Å². The summed E-state index contributed by atoms with van der Waals surface area (Å²) in [6.07, 6.45) is 6.69. The van der Waals surface area contributed by atoms with Crippen LogP contribution in [0.2, 0.25) is 0 Å². The van der Waals surface area contributed by atoms with Gasteiger partial charge in [0, 0.05) is 16.7 Å². The second kappa shape index (κ2) is 10.7. The van der Waals surface area contributed by atoms with Crippen molar-refractivity contribution in [2.24, 2.45) is 5.92 Å². The second-order valence-corrected chi connectivity index (χ2v) is 9.20. The van der Waals surface area contributed by atoms with Crippen molar-refractivity contribution in [1.82, 2.24) is 0 Å². The van der Waals surface area contributed by atoms with Crippen molar-refractivity contribution in [3.05, 3.63) is 94.6 Å². The molecule has 0 unspecified atom stereocenters. The first-order chi connectivity index (χ1) is 16.8. The third-order valence-electron chi connectivity index (χ3n) is 6.89. The number of rotatable bonds is 6. The maximum atomic E-state index is 15.0. The summed E-state index contributed by atoms with van der Waals surface area (Å²) < 4.78 is 85.2. The van der Waals surface area contributed by atoms with Crippen LogP contribution in [-0.4, -0.2) is 0 Å². The van der Waals surface area contributed by atoms with Crippen LogP contribution >= 0.6 is 0 Å². The van der Waals surface area contributed by atoms with Gasteiger partial charge in [-0.15, -0.1) is 0 Å². The minimum Gasteiger partial charge on any atom is -0.206 e. The van der Waals surface area contributed by atoms with E-state index in [1.54, 1.807) is 6.07 Å². The summed E-state index contributed by atoms with van der Waals surface area (Å²) >= 11 is 0. The van der Waals surface area contributed by atoms with Crippen molar-refractivity contribution in [1.29, 1.82) is 0 Å². The average molecular weight is 489 g/mol. The molecule has 4 rings (SSSR count). The SMILES string of the molecule is CCCC1CCC(c2ccc(-c3ccc(C(F)=C(F)c4ccc(F)c(F)c4)c(F)c3)c(F)c2)CC1. The van der Waals surface area contributed by atoms with Crippen molar-refractivity contribution in [3.8, 4) is 11.1 Å². The second-order valence-electron chi connectivity index (χ2n) is 9.20. The predicted molar refractivity (Wildman–Crippen MR) is 127 cm³/mol. The molecule has 6 heteroatoms. The molecule has 0 bridgehead atoms. The van der Waals surface area contributed by atoms with Crippen LogP contribution in [0.1, 0.15) is 68.1 Å². The van der Waals surface area contributed by atoms with E-state index in [2.05, 4.69) is 6.92 Å². The summed E-state index contributed by atoms with van der Waals surface area (Å²) in [7, 11) is 0. The Bertz CT molecular complexity index is 1240. The average Bonchev–Trinajstić information content (AvgIpc) is 2.85. The summed E-state index contributed by atoms with van der Waals surface area (Å²) in [6.45, 7) is 2.18. The lowest BCUT2D eigenvalue weighted by atomic mass is 9.77. The van der Waals surface area contributed by atoms with Crippen LogP contribution in [0.3, 0.4) is 0 Å². The van der Waals surface area contributed by atoms with Crippen LogP contribution in [0, 0.1) is 29.2 Å². The fourth-order valence-electron chi connectivity index (χ4n) is 4.95. The standard InChI is InChI=1S/C29H26F6/c1-2-3-17-4-6-18(7-5-17)19-8-11-22(25(31)14-19)20-9-12-23(26(32)15-20)29(35)28(34)21-10-13-24(30)27(33)16-21/h8-18H,2-7H2,1H3. The third kappa shape index (κ3) is 5.47. The zero-order valence-corrected chi connectivity index (χ0v) is 19.4. The van der Waals surface area contributed by atoms with E-state index in [1.807, 2.05) is 6.07 Å². The first kappa shape index (κ1) is 25.1. The van der Waals surface area contributed by atoms with Crippen LogP contribution < -0.4 is 0 Å². The number of halogens is 6. The molecule has 0 saturated heterocycles. The lowest BCUT2D eigenvalue weighted by Gasteiger charge is -2.28. The van der Waals surface area contributed by atoms with Gasteiger partial charge in [-0.25, -0.2) is 26.3 Å².